The van der Waals surface area contributed by atoms with Gasteiger partial charge in [-0.25, -0.2) is 0 Å². The average molecular weight is 282 g/mol. The third-order valence-corrected chi connectivity index (χ3v) is 4.14. The highest BCUT2D eigenvalue weighted by Gasteiger charge is 2.12. The first-order chi connectivity index (χ1) is 9.12. The van der Waals surface area contributed by atoms with Crippen LogP contribution in [0.4, 0.5) is 0 Å². The molecule has 0 aliphatic rings. The van der Waals surface area contributed by atoms with Crippen molar-refractivity contribution in [2.75, 3.05) is 26.2 Å². The molecule has 0 fully saturated rings. The smallest absolute Gasteiger partial charge is 0.123 e. The maximum absolute atomic E-state index is 5.71. The van der Waals surface area contributed by atoms with Crippen molar-refractivity contribution in [1.29, 1.82) is 0 Å². The summed E-state index contributed by atoms with van der Waals surface area (Å²) < 4.78 is 5.43. The van der Waals surface area contributed by atoms with Crippen LogP contribution in [0.5, 0.6) is 5.75 Å². The molecule has 3 nitrogen and oxygen atoms in total. The van der Waals surface area contributed by atoms with E-state index in [0.717, 1.165) is 17.9 Å². The Balaban J connectivity index is 2.73. The molecule has 4 heteroatoms. The number of benzene rings is 1. The van der Waals surface area contributed by atoms with Crippen LogP contribution in [0.1, 0.15) is 24.5 Å². The van der Waals surface area contributed by atoms with Gasteiger partial charge in [0.05, 0.1) is 7.11 Å². The fourth-order valence-electron chi connectivity index (χ4n) is 2.02. The zero-order valence-corrected chi connectivity index (χ0v) is 13.3. The number of ether oxygens (including phenoxy) is 1. The predicted octanol–water partition coefficient (Wildman–Crippen LogP) is 2.73. The molecule has 19 heavy (non-hydrogen) atoms. The highest BCUT2D eigenvalue weighted by molar-refractivity contribution is 7.98. The minimum Gasteiger partial charge on any atom is -0.496 e. The molecule has 0 saturated heterocycles. The van der Waals surface area contributed by atoms with Gasteiger partial charge in [0.15, 0.2) is 0 Å². The Kier molecular flexibility index (Phi) is 7.28. The Labute approximate surface area is 121 Å². The van der Waals surface area contributed by atoms with Gasteiger partial charge in [0.2, 0.25) is 0 Å². The van der Waals surface area contributed by atoms with Crippen molar-refractivity contribution in [1.82, 2.24) is 4.90 Å². The lowest BCUT2D eigenvalue weighted by atomic mass is 10.1. The molecule has 1 aromatic carbocycles. The summed E-state index contributed by atoms with van der Waals surface area (Å²) in [5, 5.41) is 0. The molecule has 1 unspecified atom stereocenters. The number of hydrogen-bond donors (Lipinski definition) is 1. The molecule has 1 atom stereocenters. The van der Waals surface area contributed by atoms with E-state index in [2.05, 4.69) is 31.2 Å². The van der Waals surface area contributed by atoms with Crippen molar-refractivity contribution in [2.24, 2.45) is 5.73 Å². The second kappa shape index (κ2) is 8.46. The van der Waals surface area contributed by atoms with Gasteiger partial charge in [0, 0.05) is 24.7 Å². The minimum absolute atomic E-state index is 0.568. The van der Waals surface area contributed by atoms with Crippen LogP contribution in [-0.2, 0) is 13.1 Å². The first-order valence-electron chi connectivity index (χ1n) is 6.67. The maximum atomic E-state index is 5.71. The molecular weight excluding hydrogens is 256 g/mol. The van der Waals surface area contributed by atoms with Crippen LogP contribution in [0.3, 0.4) is 0 Å². The van der Waals surface area contributed by atoms with E-state index in [1.165, 1.54) is 17.7 Å². The quantitative estimate of drug-likeness (QED) is 0.795. The van der Waals surface area contributed by atoms with Gasteiger partial charge in [0.25, 0.3) is 0 Å². The van der Waals surface area contributed by atoms with Crippen molar-refractivity contribution in [3.63, 3.8) is 0 Å². The standard InChI is InChI=1S/C15H26N2OS/c1-12(7-8-19-4)17(2)11-14-9-13(10-16)5-6-15(14)18-3/h5-6,9,12H,7-8,10-11,16H2,1-4H3. The first kappa shape index (κ1) is 16.3. The molecule has 0 radical (unpaired) electrons. The van der Waals surface area contributed by atoms with Crippen LogP contribution in [0.15, 0.2) is 18.2 Å². The van der Waals surface area contributed by atoms with E-state index in [-0.39, 0.29) is 0 Å². The number of nitrogens with two attached hydrogens (primary N) is 1. The van der Waals surface area contributed by atoms with Crippen LogP contribution in [0.25, 0.3) is 0 Å². The summed E-state index contributed by atoms with van der Waals surface area (Å²) in [5.41, 5.74) is 8.08. The Morgan fingerprint density at radius 1 is 1.42 bits per heavy atom. The van der Waals surface area contributed by atoms with Gasteiger partial charge in [-0.15, -0.1) is 0 Å². The number of methoxy groups -OCH3 is 1. The summed E-state index contributed by atoms with van der Waals surface area (Å²) >= 11 is 1.90. The Hall–Kier alpha value is -0.710. The van der Waals surface area contributed by atoms with E-state index >= 15 is 0 Å². The number of thioether (sulfide) groups is 1. The van der Waals surface area contributed by atoms with Crippen molar-refractivity contribution < 1.29 is 4.74 Å². The summed E-state index contributed by atoms with van der Waals surface area (Å²) in [4.78, 5) is 2.37. The zero-order chi connectivity index (χ0) is 14.3. The topological polar surface area (TPSA) is 38.5 Å². The van der Waals surface area contributed by atoms with Gasteiger partial charge in [-0.2, -0.15) is 11.8 Å². The van der Waals surface area contributed by atoms with Gasteiger partial charge in [0.1, 0.15) is 5.75 Å². The van der Waals surface area contributed by atoms with Crippen molar-refractivity contribution >= 4 is 11.8 Å². The SMILES string of the molecule is COc1ccc(CN)cc1CN(C)C(C)CCSC. The zero-order valence-electron chi connectivity index (χ0n) is 12.5. The molecular formula is C15H26N2OS. The largest absolute Gasteiger partial charge is 0.496 e. The van der Waals surface area contributed by atoms with Crippen LogP contribution >= 0.6 is 11.8 Å². The van der Waals surface area contributed by atoms with Crippen molar-refractivity contribution in [2.45, 2.75) is 32.5 Å². The van der Waals surface area contributed by atoms with Gasteiger partial charge >= 0.3 is 0 Å². The predicted molar refractivity (Wildman–Crippen MR) is 84.8 cm³/mol. The number of rotatable bonds is 8. The van der Waals surface area contributed by atoms with Crippen LogP contribution in [-0.4, -0.2) is 37.1 Å². The van der Waals surface area contributed by atoms with Crippen LogP contribution in [0.2, 0.25) is 0 Å². The highest BCUT2D eigenvalue weighted by Crippen LogP contribution is 2.22. The molecule has 0 bridgehead atoms. The Morgan fingerprint density at radius 3 is 2.74 bits per heavy atom. The van der Waals surface area contributed by atoms with Gasteiger partial charge in [-0.1, -0.05) is 6.07 Å². The Bertz CT molecular complexity index is 384. The molecule has 0 saturated carbocycles. The molecule has 108 valence electrons. The molecule has 0 amide bonds. The summed E-state index contributed by atoms with van der Waals surface area (Å²) in [6.07, 6.45) is 3.36. The monoisotopic (exact) mass is 282 g/mol. The van der Waals surface area contributed by atoms with E-state index in [9.17, 15) is 0 Å². The van der Waals surface area contributed by atoms with Gasteiger partial charge < -0.3 is 10.5 Å². The third-order valence-electron chi connectivity index (χ3n) is 3.49. The fourth-order valence-corrected chi connectivity index (χ4v) is 2.59. The summed E-state index contributed by atoms with van der Waals surface area (Å²) in [6, 6.07) is 6.76. The molecule has 0 heterocycles. The summed E-state index contributed by atoms with van der Waals surface area (Å²) in [7, 11) is 3.89. The fraction of sp³-hybridized carbons (Fsp3) is 0.600. The maximum Gasteiger partial charge on any atom is 0.123 e. The number of hydrogen-bond acceptors (Lipinski definition) is 4. The normalized spacial score (nSPS) is 12.7. The molecule has 1 rings (SSSR count). The van der Waals surface area contributed by atoms with E-state index in [1.807, 2.05) is 23.9 Å². The molecule has 1 aromatic rings. The lowest BCUT2D eigenvalue weighted by Crippen LogP contribution is -2.29. The lowest BCUT2D eigenvalue weighted by molar-refractivity contribution is 0.241. The van der Waals surface area contributed by atoms with E-state index in [0.29, 0.717) is 12.6 Å². The summed E-state index contributed by atoms with van der Waals surface area (Å²) in [6.45, 7) is 3.74. The lowest BCUT2D eigenvalue weighted by Gasteiger charge is -2.25. The second-order valence-electron chi connectivity index (χ2n) is 4.90. The molecule has 0 aliphatic heterocycles. The number of nitrogens with zero attached hydrogens (tertiary/aromatic N) is 1. The van der Waals surface area contributed by atoms with E-state index in [4.69, 9.17) is 10.5 Å². The minimum atomic E-state index is 0.568. The molecule has 0 spiro atoms. The van der Waals surface area contributed by atoms with Crippen molar-refractivity contribution in [3.05, 3.63) is 29.3 Å². The van der Waals surface area contributed by atoms with Gasteiger partial charge in [-0.3, -0.25) is 4.90 Å². The third kappa shape index (κ3) is 5.05. The van der Waals surface area contributed by atoms with Gasteiger partial charge in [-0.05, 0) is 50.1 Å². The molecule has 0 aromatic heterocycles. The first-order valence-corrected chi connectivity index (χ1v) is 8.06. The Morgan fingerprint density at radius 2 is 2.16 bits per heavy atom. The van der Waals surface area contributed by atoms with E-state index in [1.54, 1.807) is 7.11 Å². The van der Waals surface area contributed by atoms with Crippen LogP contribution < -0.4 is 10.5 Å². The van der Waals surface area contributed by atoms with Crippen molar-refractivity contribution in [3.8, 4) is 5.75 Å². The van der Waals surface area contributed by atoms with Crippen LogP contribution in [0, 0.1) is 0 Å². The highest BCUT2D eigenvalue weighted by atomic mass is 32.2. The summed E-state index contributed by atoms with van der Waals surface area (Å²) in [5.74, 6) is 2.15. The molecule has 0 aliphatic carbocycles. The van der Waals surface area contributed by atoms with E-state index < -0.39 is 0 Å². The second-order valence-corrected chi connectivity index (χ2v) is 5.88. The molecule has 2 N–H and O–H groups in total. The average Bonchev–Trinajstić information content (AvgIpc) is 2.44.